The van der Waals surface area contributed by atoms with Crippen LogP contribution in [0.2, 0.25) is 0 Å². The number of halogens is 1. The molecule has 2 rings (SSSR count). The van der Waals surface area contributed by atoms with Crippen LogP contribution in [0.25, 0.3) is 0 Å². The summed E-state index contributed by atoms with van der Waals surface area (Å²) in [6.45, 7) is 9.67. The standard InChI is InChI=1S/C13H18BFO2.C2H5NO/c1-9-6-7-10(8-11(9)15)14-16-12(2,3)13(4,5)17-14;1-3-2-4/h6-8H,1-5H3;2H,1H3,(H,3,4). The molecule has 0 unspecified atom stereocenters. The molecule has 1 saturated heterocycles. The van der Waals surface area contributed by atoms with E-state index in [9.17, 15) is 4.39 Å². The number of hydrogen-bond donors (Lipinski definition) is 1. The minimum Gasteiger partial charge on any atom is -0.399 e. The van der Waals surface area contributed by atoms with Crippen molar-refractivity contribution in [1.29, 1.82) is 0 Å². The van der Waals surface area contributed by atoms with Gasteiger partial charge < -0.3 is 14.6 Å². The van der Waals surface area contributed by atoms with Crippen LogP contribution in [0.3, 0.4) is 0 Å². The molecule has 1 aliphatic rings. The first-order valence-electron chi connectivity index (χ1n) is 6.87. The van der Waals surface area contributed by atoms with Crippen LogP contribution in [-0.4, -0.2) is 31.8 Å². The molecule has 1 fully saturated rings. The van der Waals surface area contributed by atoms with Crippen LogP contribution in [0.1, 0.15) is 33.3 Å². The maximum absolute atomic E-state index is 13.5. The largest absolute Gasteiger partial charge is 0.494 e. The number of nitrogens with one attached hydrogen (secondary N) is 1. The van der Waals surface area contributed by atoms with Gasteiger partial charge in [0, 0.05) is 7.05 Å². The lowest BCUT2D eigenvalue weighted by atomic mass is 9.79. The fourth-order valence-corrected chi connectivity index (χ4v) is 1.73. The van der Waals surface area contributed by atoms with Crippen molar-refractivity contribution < 1.29 is 18.5 Å². The van der Waals surface area contributed by atoms with Gasteiger partial charge in [-0.1, -0.05) is 12.1 Å². The molecule has 0 saturated carbocycles. The van der Waals surface area contributed by atoms with Crippen molar-refractivity contribution >= 4 is 19.0 Å². The van der Waals surface area contributed by atoms with E-state index in [1.807, 2.05) is 33.8 Å². The molecule has 1 amide bonds. The number of rotatable bonds is 2. The van der Waals surface area contributed by atoms with Gasteiger partial charge in [-0.3, -0.25) is 4.79 Å². The van der Waals surface area contributed by atoms with Crippen LogP contribution in [-0.2, 0) is 14.1 Å². The zero-order valence-electron chi connectivity index (χ0n) is 13.5. The minimum atomic E-state index is -0.491. The molecule has 0 bridgehead atoms. The third-order valence-corrected chi connectivity index (χ3v) is 3.84. The van der Waals surface area contributed by atoms with Crippen LogP contribution >= 0.6 is 0 Å². The summed E-state index contributed by atoms with van der Waals surface area (Å²) in [4.78, 5) is 9.06. The Morgan fingerprint density at radius 1 is 1.19 bits per heavy atom. The van der Waals surface area contributed by atoms with Crippen molar-refractivity contribution in [3.8, 4) is 0 Å². The van der Waals surface area contributed by atoms with Gasteiger partial charge in [0.25, 0.3) is 0 Å². The van der Waals surface area contributed by atoms with Gasteiger partial charge in [0.1, 0.15) is 5.82 Å². The van der Waals surface area contributed by atoms with E-state index < -0.39 is 7.12 Å². The number of aryl methyl sites for hydroxylation is 1. The average Bonchev–Trinajstić information content (AvgIpc) is 2.62. The predicted molar refractivity (Wildman–Crippen MR) is 82.0 cm³/mol. The highest BCUT2D eigenvalue weighted by atomic mass is 19.1. The van der Waals surface area contributed by atoms with E-state index in [-0.39, 0.29) is 17.0 Å². The Morgan fingerprint density at radius 2 is 1.67 bits per heavy atom. The van der Waals surface area contributed by atoms with Crippen molar-refractivity contribution in [2.75, 3.05) is 7.05 Å². The number of carbonyl (C=O) groups is 1. The van der Waals surface area contributed by atoms with Crippen LogP contribution < -0.4 is 10.8 Å². The van der Waals surface area contributed by atoms with Crippen molar-refractivity contribution in [3.05, 3.63) is 29.6 Å². The Hall–Kier alpha value is -1.40. The quantitative estimate of drug-likeness (QED) is 0.668. The molecule has 1 aromatic carbocycles. The highest BCUT2D eigenvalue weighted by Gasteiger charge is 2.51. The summed E-state index contributed by atoms with van der Waals surface area (Å²) in [6.07, 6.45) is 0.625. The summed E-state index contributed by atoms with van der Waals surface area (Å²) >= 11 is 0. The molecule has 0 radical (unpaired) electrons. The van der Waals surface area contributed by atoms with Gasteiger partial charge in [-0.2, -0.15) is 0 Å². The Labute approximate surface area is 126 Å². The molecular weight excluding hydrogens is 272 g/mol. The van der Waals surface area contributed by atoms with Crippen LogP contribution in [0.15, 0.2) is 18.2 Å². The Morgan fingerprint density at radius 3 is 2.05 bits per heavy atom. The summed E-state index contributed by atoms with van der Waals surface area (Å²) in [5, 5.41) is 2.25. The van der Waals surface area contributed by atoms with Gasteiger partial charge in [0.15, 0.2) is 0 Å². The zero-order chi connectivity index (χ0) is 16.3. The molecule has 0 spiro atoms. The van der Waals surface area contributed by atoms with Crippen molar-refractivity contribution in [2.45, 2.75) is 45.8 Å². The lowest BCUT2D eigenvalue weighted by Crippen LogP contribution is -2.41. The maximum Gasteiger partial charge on any atom is 0.494 e. The first-order valence-corrected chi connectivity index (χ1v) is 6.87. The third-order valence-electron chi connectivity index (χ3n) is 3.84. The maximum atomic E-state index is 13.5. The summed E-state index contributed by atoms with van der Waals surface area (Å²) in [5.74, 6) is -0.225. The number of amides is 1. The number of benzene rings is 1. The zero-order valence-corrected chi connectivity index (χ0v) is 13.5. The van der Waals surface area contributed by atoms with E-state index in [1.165, 1.54) is 6.07 Å². The molecule has 4 nitrogen and oxygen atoms in total. The molecule has 0 aliphatic carbocycles. The van der Waals surface area contributed by atoms with Crippen LogP contribution in [0, 0.1) is 12.7 Å². The van der Waals surface area contributed by atoms with Gasteiger partial charge >= 0.3 is 7.12 Å². The highest BCUT2D eigenvalue weighted by Crippen LogP contribution is 2.36. The van der Waals surface area contributed by atoms with E-state index in [0.717, 1.165) is 5.46 Å². The summed E-state index contributed by atoms with van der Waals surface area (Å²) in [7, 11) is 1.07. The van der Waals surface area contributed by atoms with Crippen LogP contribution in [0.4, 0.5) is 4.39 Å². The minimum absolute atomic E-state index is 0.225. The third kappa shape index (κ3) is 4.05. The molecule has 0 atom stereocenters. The van der Waals surface area contributed by atoms with Crippen LogP contribution in [0.5, 0.6) is 0 Å². The number of hydrogen-bond acceptors (Lipinski definition) is 3. The summed E-state index contributed by atoms with van der Waals surface area (Å²) in [5.41, 5.74) is 0.579. The van der Waals surface area contributed by atoms with E-state index in [1.54, 1.807) is 20.0 Å². The second kappa shape index (κ2) is 6.58. The highest BCUT2D eigenvalue weighted by molar-refractivity contribution is 6.62. The van der Waals surface area contributed by atoms with Gasteiger partial charge in [-0.25, -0.2) is 4.39 Å². The lowest BCUT2D eigenvalue weighted by molar-refractivity contribution is -0.109. The molecule has 116 valence electrons. The second-order valence-corrected chi connectivity index (χ2v) is 6.00. The van der Waals surface area contributed by atoms with E-state index >= 15 is 0 Å². The molecule has 0 aromatic heterocycles. The molecular formula is C15H23BFNO3. The second-order valence-electron chi connectivity index (χ2n) is 6.00. The molecule has 1 aliphatic heterocycles. The van der Waals surface area contributed by atoms with E-state index in [2.05, 4.69) is 5.32 Å². The van der Waals surface area contributed by atoms with Gasteiger partial charge in [0.2, 0.25) is 6.41 Å². The Kier molecular flexibility index (Phi) is 5.53. The number of carbonyl (C=O) groups excluding carboxylic acids is 1. The summed E-state index contributed by atoms with van der Waals surface area (Å²) < 4.78 is 25.2. The SMILES string of the molecule is CNC=O.Cc1ccc(B2OC(C)(C)C(C)(C)O2)cc1F. The smallest absolute Gasteiger partial charge is 0.399 e. The van der Waals surface area contributed by atoms with E-state index in [0.29, 0.717) is 12.0 Å². The first kappa shape index (κ1) is 17.7. The van der Waals surface area contributed by atoms with Gasteiger partial charge in [-0.05, 0) is 51.7 Å². The summed E-state index contributed by atoms with van der Waals surface area (Å²) in [6, 6.07) is 5.08. The first-order chi connectivity index (χ1) is 9.64. The molecule has 21 heavy (non-hydrogen) atoms. The topological polar surface area (TPSA) is 47.6 Å². The predicted octanol–water partition coefficient (Wildman–Crippen LogP) is 1.80. The van der Waals surface area contributed by atoms with Crippen molar-refractivity contribution in [2.24, 2.45) is 0 Å². The Balaban J connectivity index is 0.000000491. The van der Waals surface area contributed by atoms with E-state index in [4.69, 9.17) is 14.1 Å². The van der Waals surface area contributed by atoms with Gasteiger partial charge in [-0.15, -0.1) is 0 Å². The van der Waals surface area contributed by atoms with Gasteiger partial charge in [0.05, 0.1) is 11.2 Å². The van der Waals surface area contributed by atoms with Crippen molar-refractivity contribution in [3.63, 3.8) is 0 Å². The lowest BCUT2D eigenvalue weighted by Gasteiger charge is -2.32. The normalized spacial score (nSPS) is 18.7. The fraction of sp³-hybridized carbons (Fsp3) is 0.533. The Bertz CT molecular complexity index is 490. The molecule has 1 N–H and O–H groups in total. The van der Waals surface area contributed by atoms with Crippen molar-refractivity contribution in [1.82, 2.24) is 5.32 Å². The average molecular weight is 295 g/mol. The fourth-order valence-electron chi connectivity index (χ4n) is 1.73. The molecule has 1 heterocycles. The monoisotopic (exact) mass is 295 g/mol. The molecule has 1 aromatic rings. The molecule has 6 heteroatoms.